The van der Waals surface area contributed by atoms with E-state index in [1.54, 1.807) is 0 Å². The van der Waals surface area contributed by atoms with Crippen molar-refractivity contribution in [3.05, 3.63) is 71.8 Å². The van der Waals surface area contributed by atoms with E-state index in [0.29, 0.717) is 0 Å². The predicted molar refractivity (Wildman–Crippen MR) is 90.5 cm³/mol. The molecule has 116 valence electrons. The minimum absolute atomic E-state index is 0.0488. The summed E-state index contributed by atoms with van der Waals surface area (Å²) >= 11 is 0. The van der Waals surface area contributed by atoms with Crippen LogP contribution in [0, 0.1) is 0 Å². The molecule has 2 aromatic rings. The van der Waals surface area contributed by atoms with Gasteiger partial charge in [0.05, 0.1) is 6.54 Å². The third-order valence-electron chi connectivity index (χ3n) is 3.80. The van der Waals surface area contributed by atoms with E-state index in [1.165, 1.54) is 11.1 Å². The highest BCUT2D eigenvalue weighted by molar-refractivity contribution is 5.78. The van der Waals surface area contributed by atoms with E-state index in [9.17, 15) is 4.79 Å². The highest BCUT2D eigenvalue weighted by Gasteiger charge is 2.11. The number of carbonyl (C=O) groups is 1. The van der Waals surface area contributed by atoms with Gasteiger partial charge in [-0.3, -0.25) is 4.79 Å². The van der Waals surface area contributed by atoms with Gasteiger partial charge in [0, 0.05) is 6.04 Å². The molecule has 0 heterocycles. The van der Waals surface area contributed by atoms with Gasteiger partial charge in [0.25, 0.3) is 0 Å². The van der Waals surface area contributed by atoms with Crippen molar-refractivity contribution in [2.24, 2.45) is 5.73 Å². The molecule has 0 saturated heterocycles. The van der Waals surface area contributed by atoms with Gasteiger partial charge in [-0.05, 0) is 36.8 Å². The van der Waals surface area contributed by atoms with Gasteiger partial charge in [-0.15, -0.1) is 0 Å². The summed E-state index contributed by atoms with van der Waals surface area (Å²) in [5.74, 6) is -0.0777. The Kier molecular flexibility index (Phi) is 6.65. The van der Waals surface area contributed by atoms with Crippen LogP contribution in [-0.2, 0) is 17.6 Å². The number of amides is 1. The molecule has 0 atom stereocenters. The maximum absolute atomic E-state index is 11.6. The van der Waals surface area contributed by atoms with Crippen LogP contribution in [0.4, 0.5) is 0 Å². The Hall–Kier alpha value is -2.13. The summed E-state index contributed by atoms with van der Waals surface area (Å²) in [5.41, 5.74) is 8.02. The van der Waals surface area contributed by atoms with Crippen molar-refractivity contribution < 1.29 is 4.79 Å². The number of benzene rings is 2. The van der Waals surface area contributed by atoms with Crippen LogP contribution in [-0.4, -0.2) is 18.5 Å². The maximum Gasteiger partial charge on any atom is 0.233 e. The lowest BCUT2D eigenvalue weighted by Crippen LogP contribution is -2.39. The van der Waals surface area contributed by atoms with Gasteiger partial charge in [0.2, 0.25) is 5.91 Å². The van der Waals surface area contributed by atoms with Crippen LogP contribution >= 0.6 is 0 Å². The molecule has 0 unspecified atom stereocenters. The zero-order valence-corrected chi connectivity index (χ0v) is 12.9. The first-order chi connectivity index (χ1) is 10.8. The number of hydrogen-bond donors (Lipinski definition) is 2. The van der Waals surface area contributed by atoms with Crippen molar-refractivity contribution in [1.82, 2.24) is 5.32 Å². The van der Waals surface area contributed by atoms with Crippen LogP contribution in [0.1, 0.15) is 24.0 Å². The Morgan fingerprint density at radius 1 is 0.864 bits per heavy atom. The number of nitrogens with one attached hydrogen (secondary N) is 1. The molecule has 0 aromatic heterocycles. The van der Waals surface area contributed by atoms with E-state index >= 15 is 0 Å². The number of carbonyl (C=O) groups excluding carboxylic acids is 1. The summed E-state index contributed by atoms with van der Waals surface area (Å²) in [6.07, 6.45) is 3.79. The van der Waals surface area contributed by atoms with Gasteiger partial charge in [-0.25, -0.2) is 0 Å². The van der Waals surface area contributed by atoms with Crippen molar-refractivity contribution in [3.8, 4) is 0 Å². The Bertz CT molecular complexity index is 511. The molecule has 0 fully saturated rings. The molecule has 2 aromatic carbocycles. The smallest absolute Gasteiger partial charge is 0.233 e. The van der Waals surface area contributed by atoms with Crippen molar-refractivity contribution in [3.63, 3.8) is 0 Å². The molecule has 3 nitrogen and oxygen atoms in total. The van der Waals surface area contributed by atoms with Gasteiger partial charge < -0.3 is 11.1 Å². The minimum atomic E-state index is -0.0777. The molecule has 0 aliphatic carbocycles. The SMILES string of the molecule is NCC(=O)NC(CCc1ccccc1)CCc1ccccc1. The van der Waals surface area contributed by atoms with Crippen LogP contribution < -0.4 is 11.1 Å². The van der Waals surface area contributed by atoms with Gasteiger partial charge in [-0.1, -0.05) is 60.7 Å². The fourth-order valence-corrected chi connectivity index (χ4v) is 2.55. The summed E-state index contributed by atoms with van der Waals surface area (Å²) in [6.45, 7) is 0.0488. The number of aryl methyl sites for hydroxylation is 2. The Morgan fingerprint density at radius 2 is 1.32 bits per heavy atom. The van der Waals surface area contributed by atoms with Crippen LogP contribution in [0.2, 0.25) is 0 Å². The number of hydrogen-bond acceptors (Lipinski definition) is 2. The van der Waals surface area contributed by atoms with Gasteiger partial charge in [0.1, 0.15) is 0 Å². The third kappa shape index (κ3) is 5.70. The average Bonchev–Trinajstić information content (AvgIpc) is 2.59. The van der Waals surface area contributed by atoms with Crippen molar-refractivity contribution in [1.29, 1.82) is 0 Å². The second-order valence-electron chi connectivity index (χ2n) is 5.52. The first kappa shape index (κ1) is 16.2. The zero-order valence-electron chi connectivity index (χ0n) is 12.9. The lowest BCUT2D eigenvalue weighted by Gasteiger charge is -2.18. The summed E-state index contributed by atoms with van der Waals surface area (Å²) < 4.78 is 0. The Balaban J connectivity index is 1.89. The van der Waals surface area contributed by atoms with E-state index in [1.807, 2.05) is 36.4 Å². The standard InChI is InChI=1S/C19H24N2O/c20-15-19(22)21-18(13-11-16-7-3-1-4-8-16)14-12-17-9-5-2-6-10-17/h1-10,18H,11-15,20H2,(H,21,22). The van der Waals surface area contributed by atoms with Crippen LogP contribution in [0.3, 0.4) is 0 Å². The van der Waals surface area contributed by atoms with Crippen LogP contribution in [0.25, 0.3) is 0 Å². The lowest BCUT2D eigenvalue weighted by molar-refractivity contribution is -0.120. The summed E-state index contributed by atoms with van der Waals surface area (Å²) in [6, 6.07) is 20.9. The number of nitrogens with two attached hydrogens (primary N) is 1. The van der Waals surface area contributed by atoms with Crippen molar-refractivity contribution in [2.45, 2.75) is 31.7 Å². The van der Waals surface area contributed by atoms with E-state index in [4.69, 9.17) is 5.73 Å². The fourth-order valence-electron chi connectivity index (χ4n) is 2.55. The van der Waals surface area contributed by atoms with Crippen LogP contribution in [0.15, 0.2) is 60.7 Å². The van der Waals surface area contributed by atoms with Crippen LogP contribution in [0.5, 0.6) is 0 Å². The van der Waals surface area contributed by atoms with E-state index < -0.39 is 0 Å². The molecule has 0 bridgehead atoms. The molecule has 22 heavy (non-hydrogen) atoms. The average molecular weight is 296 g/mol. The van der Waals surface area contributed by atoms with E-state index in [-0.39, 0.29) is 18.5 Å². The van der Waals surface area contributed by atoms with Crippen molar-refractivity contribution >= 4 is 5.91 Å². The molecule has 1 amide bonds. The van der Waals surface area contributed by atoms with Gasteiger partial charge in [-0.2, -0.15) is 0 Å². The topological polar surface area (TPSA) is 55.1 Å². The Morgan fingerprint density at radius 3 is 1.73 bits per heavy atom. The first-order valence-electron chi connectivity index (χ1n) is 7.85. The third-order valence-corrected chi connectivity index (χ3v) is 3.80. The molecule has 0 aliphatic rings. The normalized spacial score (nSPS) is 10.6. The minimum Gasteiger partial charge on any atom is -0.352 e. The molecule has 3 heteroatoms. The van der Waals surface area contributed by atoms with E-state index in [2.05, 4.69) is 29.6 Å². The summed E-state index contributed by atoms with van der Waals surface area (Å²) in [4.78, 5) is 11.6. The molecular formula is C19H24N2O. The number of rotatable bonds is 8. The molecular weight excluding hydrogens is 272 g/mol. The highest BCUT2D eigenvalue weighted by Crippen LogP contribution is 2.11. The summed E-state index contributed by atoms with van der Waals surface area (Å²) in [5, 5.41) is 3.04. The fraction of sp³-hybridized carbons (Fsp3) is 0.316. The summed E-state index contributed by atoms with van der Waals surface area (Å²) in [7, 11) is 0. The monoisotopic (exact) mass is 296 g/mol. The largest absolute Gasteiger partial charge is 0.352 e. The molecule has 0 aliphatic heterocycles. The maximum atomic E-state index is 11.6. The Labute approximate surface area is 132 Å². The lowest BCUT2D eigenvalue weighted by atomic mass is 9.99. The van der Waals surface area contributed by atoms with Gasteiger partial charge >= 0.3 is 0 Å². The molecule has 2 rings (SSSR count). The first-order valence-corrected chi connectivity index (χ1v) is 7.85. The second kappa shape index (κ2) is 9.00. The molecule has 3 N–H and O–H groups in total. The zero-order chi connectivity index (χ0) is 15.6. The molecule has 0 radical (unpaired) electrons. The second-order valence-corrected chi connectivity index (χ2v) is 5.52. The van der Waals surface area contributed by atoms with E-state index in [0.717, 1.165) is 25.7 Å². The van der Waals surface area contributed by atoms with Crippen molar-refractivity contribution in [2.75, 3.05) is 6.54 Å². The van der Waals surface area contributed by atoms with Gasteiger partial charge in [0.15, 0.2) is 0 Å². The predicted octanol–water partition coefficient (Wildman–Crippen LogP) is 2.70. The molecule has 0 saturated carbocycles. The molecule has 0 spiro atoms. The quantitative estimate of drug-likeness (QED) is 0.787. The highest BCUT2D eigenvalue weighted by atomic mass is 16.1.